The summed E-state index contributed by atoms with van der Waals surface area (Å²) in [6, 6.07) is 22.3. The molecule has 0 amide bonds. The average molecular weight is 571 g/mol. The third-order valence-electron chi connectivity index (χ3n) is 6.21. The van der Waals surface area contributed by atoms with Crippen molar-refractivity contribution >= 4 is 33.2 Å². The Morgan fingerprint density at radius 2 is 1.73 bits per heavy atom. The van der Waals surface area contributed by atoms with E-state index in [9.17, 15) is 8.42 Å². The van der Waals surface area contributed by atoms with E-state index < -0.39 is 15.8 Å². The Hall–Kier alpha value is -4.94. The highest BCUT2D eigenvalue weighted by Gasteiger charge is 2.22. The molecule has 0 unspecified atom stereocenters. The molecule has 0 aliphatic heterocycles. The Kier molecular flexibility index (Phi) is 7.86. The molecule has 12 heteroatoms. The molecule has 5 rings (SSSR count). The van der Waals surface area contributed by atoms with E-state index in [1.165, 1.54) is 29.9 Å². The van der Waals surface area contributed by atoms with Crippen molar-refractivity contribution in [1.82, 2.24) is 24.5 Å². The molecular formula is C29H27FN8O2S. The van der Waals surface area contributed by atoms with Gasteiger partial charge in [-0.1, -0.05) is 42.0 Å². The summed E-state index contributed by atoms with van der Waals surface area (Å²) in [6.45, 7) is 3.64. The van der Waals surface area contributed by atoms with Gasteiger partial charge in [-0.2, -0.15) is 20.2 Å². The summed E-state index contributed by atoms with van der Waals surface area (Å²) < 4.78 is 43.3. The Morgan fingerprint density at radius 3 is 2.41 bits per heavy atom. The number of para-hydroxylation sites is 1. The van der Waals surface area contributed by atoms with Crippen LogP contribution in [0.5, 0.6) is 0 Å². The first-order chi connectivity index (χ1) is 19.7. The third-order valence-corrected chi connectivity index (χ3v) is 7.64. The van der Waals surface area contributed by atoms with Gasteiger partial charge in [0.1, 0.15) is 5.82 Å². The predicted octanol–water partition coefficient (Wildman–Crippen LogP) is 5.26. The second-order valence-corrected chi connectivity index (χ2v) is 10.9. The molecule has 0 spiro atoms. The van der Waals surface area contributed by atoms with Crippen LogP contribution >= 0.6 is 0 Å². The molecule has 0 atom stereocenters. The molecule has 0 bridgehead atoms. The molecule has 5 aromatic rings. The van der Waals surface area contributed by atoms with Gasteiger partial charge in [0.2, 0.25) is 16.0 Å². The fraction of sp³-hybridized carbons (Fsp3) is 0.103. The Labute approximate surface area is 237 Å². The largest absolute Gasteiger partial charge is 0.324 e. The van der Waals surface area contributed by atoms with Crippen LogP contribution in [0.1, 0.15) is 18.1 Å². The molecule has 0 aliphatic carbocycles. The first-order valence-corrected chi connectivity index (χ1v) is 14.1. The van der Waals surface area contributed by atoms with E-state index in [0.717, 1.165) is 11.3 Å². The number of aromatic nitrogens is 4. The van der Waals surface area contributed by atoms with E-state index in [-0.39, 0.29) is 22.2 Å². The highest BCUT2D eigenvalue weighted by Crippen LogP contribution is 2.35. The van der Waals surface area contributed by atoms with Crippen molar-refractivity contribution in [3.05, 3.63) is 108 Å². The number of sulfonamides is 1. The second kappa shape index (κ2) is 11.7. The molecular weight excluding hydrogens is 543 g/mol. The van der Waals surface area contributed by atoms with E-state index in [1.54, 1.807) is 49.6 Å². The average Bonchev–Trinajstić information content (AvgIpc) is 3.53. The van der Waals surface area contributed by atoms with Crippen LogP contribution in [0.25, 0.3) is 16.9 Å². The molecule has 2 heterocycles. The summed E-state index contributed by atoms with van der Waals surface area (Å²) in [6.07, 6.45) is 3.32. The topological polar surface area (TPSA) is 126 Å². The molecule has 41 heavy (non-hydrogen) atoms. The highest BCUT2D eigenvalue weighted by molar-refractivity contribution is 7.89. The molecule has 0 fully saturated rings. The number of aryl methyl sites for hydroxylation is 1. The minimum atomic E-state index is -3.57. The fourth-order valence-corrected chi connectivity index (χ4v) is 4.80. The maximum atomic E-state index is 15.3. The van der Waals surface area contributed by atoms with Crippen molar-refractivity contribution in [3.8, 4) is 16.9 Å². The zero-order valence-corrected chi connectivity index (χ0v) is 23.3. The van der Waals surface area contributed by atoms with Gasteiger partial charge in [-0.3, -0.25) is 5.43 Å². The zero-order chi connectivity index (χ0) is 29.0. The van der Waals surface area contributed by atoms with E-state index in [2.05, 4.69) is 30.6 Å². The highest BCUT2D eigenvalue weighted by atomic mass is 32.2. The minimum absolute atomic E-state index is 0.137. The standard InChI is InChI=1S/C29H27FN8O2S/c1-19-10-15-25(30)24(18-19)26-27(37-36-20(2)21-11-13-23(14-12-21)41(39,40)31-3)34-29(33-22-8-5-4-6-9-22)35-28(26)38-17-7-16-32-38/h4-18,31H,1-3H3,(H2,33,34,35,37). The Bertz CT molecular complexity index is 1810. The monoisotopic (exact) mass is 570 g/mol. The van der Waals surface area contributed by atoms with Gasteiger partial charge in [-0.05, 0) is 68.9 Å². The van der Waals surface area contributed by atoms with Crippen LogP contribution in [-0.2, 0) is 10.0 Å². The number of nitrogens with one attached hydrogen (secondary N) is 3. The molecule has 0 saturated heterocycles. The van der Waals surface area contributed by atoms with Crippen molar-refractivity contribution < 1.29 is 12.8 Å². The van der Waals surface area contributed by atoms with Crippen LogP contribution < -0.4 is 15.5 Å². The third kappa shape index (κ3) is 6.13. The Morgan fingerprint density at radius 1 is 0.976 bits per heavy atom. The van der Waals surface area contributed by atoms with Gasteiger partial charge in [-0.15, -0.1) is 0 Å². The van der Waals surface area contributed by atoms with Crippen LogP contribution in [0, 0.1) is 12.7 Å². The van der Waals surface area contributed by atoms with Gasteiger partial charge in [-0.25, -0.2) is 22.2 Å². The fourth-order valence-electron chi connectivity index (χ4n) is 4.07. The molecule has 208 valence electrons. The van der Waals surface area contributed by atoms with Crippen molar-refractivity contribution in [3.63, 3.8) is 0 Å². The lowest BCUT2D eigenvalue weighted by molar-refractivity contribution is 0.588. The van der Waals surface area contributed by atoms with Gasteiger partial charge in [0.05, 0.1) is 16.2 Å². The molecule has 0 saturated carbocycles. The minimum Gasteiger partial charge on any atom is -0.324 e. The number of hydrogen-bond donors (Lipinski definition) is 3. The van der Waals surface area contributed by atoms with E-state index in [1.807, 2.05) is 37.3 Å². The van der Waals surface area contributed by atoms with Gasteiger partial charge in [0.15, 0.2) is 11.6 Å². The van der Waals surface area contributed by atoms with Crippen LogP contribution in [0.3, 0.4) is 0 Å². The van der Waals surface area contributed by atoms with E-state index >= 15 is 4.39 Å². The number of rotatable bonds is 9. The number of hydrazone groups is 1. The second-order valence-electron chi connectivity index (χ2n) is 9.06. The van der Waals surface area contributed by atoms with Gasteiger partial charge in [0, 0.05) is 23.6 Å². The summed E-state index contributed by atoms with van der Waals surface area (Å²) >= 11 is 0. The summed E-state index contributed by atoms with van der Waals surface area (Å²) in [7, 11) is -2.21. The van der Waals surface area contributed by atoms with Crippen LogP contribution in [0.2, 0.25) is 0 Å². The first kappa shape index (κ1) is 27.6. The van der Waals surface area contributed by atoms with Crippen molar-refractivity contribution in [2.45, 2.75) is 18.7 Å². The smallest absolute Gasteiger partial charge is 0.240 e. The number of benzene rings is 3. The van der Waals surface area contributed by atoms with E-state index in [0.29, 0.717) is 22.7 Å². The summed E-state index contributed by atoms with van der Waals surface area (Å²) in [4.78, 5) is 9.51. The summed E-state index contributed by atoms with van der Waals surface area (Å²) in [5.41, 5.74) is 6.47. The van der Waals surface area contributed by atoms with Crippen LogP contribution in [-0.4, -0.2) is 40.9 Å². The van der Waals surface area contributed by atoms with Crippen molar-refractivity contribution in [1.29, 1.82) is 0 Å². The van der Waals surface area contributed by atoms with Crippen LogP contribution in [0.15, 0.2) is 101 Å². The molecule has 2 aromatic heterocycles. The van der Waals surface area contributed by atoms with Crippen LogP contribution in [0.4, 0.5) is 21.8 Å². The normalized spacial score (nSPS) is 11.9. The zero-order valence-electron chi connectivity index (χ0n) is 22.5. The lowest BCUT2D eigenvalue weighted by Crippen LogP contribution is -2.18. The predicted molar refractivity (Wildman–Crippen MR) is 158 cm³/mol. The number of halogens is 1. The van der Waals surface area contributed by atoms with Gasteiger partial charge < -0.3 is 5.32 Å². The quantitative estimate of drug-likeness (QED) is 0.163. The maximum absolute atomic E-state index is 15.3. The molecule has 0 aliphatic rings. The first-order valence-electron chi connectivity index (χ1n) is 12.6. The van der Waals surface area contributed by atoms with Gasteiger partial charge in [0.25, 0.3) is 0 Å². The number of anilines is 3. The number of nitrogens with zero attached hydrogens (tertiary/aromatic N) is 5. The van der Waals surface area contributed by atoms with E-state index in [4.69, 9.17) is 4.98 Å². The lowest BCUT2D eigenvalue weighted by Gasteiger charge is -2.17. The van der Waals surface area contributed by atoms with Gasteiger partial charge >= 0.3 is 0 Å². The molecule has 10 nitrogen and oxygen atoms in total. The summed E-state index contributed by atoms with van der Waals surface area (Å²) in [5.74, 6) is 0.365. The molecule has 0 radical (unpaired) electrons. The lowest BCUT2D eigenvalue weighted by atomic mass is 10.0. The molecule has 3 N–H and O–H groups in total. The molecule has 3 aromatic carbocycles. The van der Waals surface area contributed by atoms with Crippen molar-refractivity contribution in [2.75, 3.05) is 17.8 Å². The Balaban J connectivity index is 1.63. The van der Waals surface area contributed by atoms with Crippen molar-refractivity contribution in [2.24, 2.45) is 5.10 Å². The summed E-state index contributed by atoms with van der Waals surface area (Å²) in [5, 5.41) is 12.1. The maximum Gasteiger partial charge on any atom is 0.240 e. The number of hydrogen-bond acceptors (Lipinski definition) is 8. The SMILES string of the molecule is CNS(=O)(=O)c1ccc(C(C)=NNc2nc(Nc3ccccc3)nc(-n3cccn3)c2-c2cc(C)ccc2F)cc1.